The minimum Gasteiger partial charge on any atom is -0.467 e. The fourth-order valence-electron chi connectivity index (χ4n) is 4.21. The summed E-state index contributed by atoms with van der Waals surface area (Å²) in [7, 11) is 1.27. The first-order valence-corrected chi connectivity index (χ1v) is 13.7. The summed E-state index contributed by atoms with van der Waals surface area (Å²) in [4.78, 5) is 39.0. The average molecular weight is 585 g/mol. The van der Waals surface area contributed by atoms with Gasteiger partial charge in [-0.1, -0.05) is 19.9 Å². The summed E-state index contributed by atoms with van der Waals surface area (Å²) < 4.78 is 60.1. The third-order valence-electron chi connectivity index (χ3n) is 6.39. The van der Waals surface area contributed by atoms with Crippen LogP contribution in [0.2, 0.25) is 0 Å². The largest absolute Gasteiger partial charge is 0.467 e. The van der Waals surface area contributed by atoms with Crippen LogP contribution in [0.15, 0.2) is 30.3 Å². The average Bonchev–Trinajstić information content (AvgIpc) is 3.39. The van der Waals surface area contributed by atoms with Crippen LogP contribution in [-0.2, 0) is 32.1 Å². The molecule has 0 bridgehead atoms. The number of amides is 2. The first kappa shape index (κ1) is 31.2. The molecule has 1 heterocycles. The van der Waals surface area contributed by atoms with Crippen LogP contribution in [0.25, 0.3) is 0 Å². The lowest BCUT2D eigenvalue weighted by atomic mass is 10.0. The Labute approximate surface area is 234 Å². The predicted octanol–water partition coefficient (Wildman–Crippen LogP) is 3.33. The van der Waals surface area contributed by atoms with Crippen molar-refractivity contribution >= 4 is 35.2 Å². The quantitative estimate of drug-likeness (QED) is 0.211. The van der Waals surface area contributed by atoms with Crippen LogP contribution in [0.3, 0.4) is 0 Å². The van der Waals surface area contributed by atoms with Crippen LogP contribution in [-0.4, -0.2) is 59.5 Å². The molecule has 0 aliphatic carbocycles. The number of carbonyl (C=O) groups excluding carboxylic acids is 3. The summed E-state index contributed by atoms with van der Waals surface area (Å²) >= 11 is 1.23. The summed E-state index contributed by atoms with van der Waals surface area (Å²) in [5.41, 5.74) is 6.40. The lowest BCUT2D eigenvalue weighted by molar-refractivity contribution is -0.142. The van der Waals surface area contributed by atoms with Gasteiger partial charge >= 0.3 is 5.97 Å². The third kappa shape index (κ3) is 7.87. The van der Waals surface area contributed by atoms with Crippen molar-refractivity contribution in [3.05, 3.63) is 64.7 Å². The van der Waals surface area contributed by atoms with Gasteiger partial charge in [0, 0.05) is 48.6 Å². The van der Waals surface area contributed by atoms with Gasteiger partial charge in [-0.3, -0.25) is 9.59 Å². The number of esters is 1. The van der Waals surface area contributed by atoms with Gasteiger partial charge in [0.1, 0.15) is 17.7 Å². The van der Waals surface area contributed by atoms with Crippen molar-refractivity contribution in [3.8, 4) is 0 Å². The van der Waals surface area contributed by atoms with Crippen LogP contribution < -0.4 is 16.4 Å². The minimum absolute atomic E-state index is 0.106. The zero-order valence-electron chi connectivity index (χ0n) is 22.3. The first-order valence-electron chi connectivity index (χ1n) is 12.6. The lowest BCUT2D eigenvalue weighted by Gasteiger charge is -2.24. The van der Waals surface area contributed by atoms with E-state index in [1.807, 2.05) is 13.8 Å². The number of hydrogen-bond donors (Lipinski definition) is 3. The van der Waals surface area contributed by atoms with Crippen molar-refractivity contribution < 1.29 is 36.7 Å². The maximum Gasteiger partial charge on any atom is 0.328 e. The standard InChI is InChI=1S/C27H32F4N4O4S/c1-14(2)24(27(38)39-3)34-18-5-4-15(19(28)11-18)13-33-25(37)26-35(6-7-40-26)23(36)10-17(32)8-16-9-21(30)22(31)12-20(16)29/h4-5,9,11-12,14,17,24,26,34H,6-8,10,13,32H2,1-3H3,(H,33,37)/t17-,24?,26+/m1/s1. The van der Waals surface area contributed by atoms with Gasteiger partial charge in [0.15, 0.2) is 17.0 Å². The Morgan fingerprint density at radius 3 is 2.38 bits per heavy atom. The van der Waals surface area contributed by atoms with Gasteiger partial charge in [-0.2, -0.15) is 0 Å². The molecule has 0 spiro atoms. The highest BCUT2D eigenvalue weighted by atomic mass is 32.2. The van der Waals surface area contributed by atoms with Gasteiger partial charge in [-0.05, 0) is 36.1 Å². The predicted molar refractivity (Wildman–Crippen MR) is 143 cm³/mol. The van der Waals surface area contributed by atoms with Crippen molar-refractivity contribution in [1.82, 2.24) is 10.2 Å². The number of halogens is 4. The van der Waals surface area contributed by atoms with Crippen LogP contribution in [0.5, 0.6) is 0 Å². The van der Waals surface area contributed by atoms with Gasteiger partial charge in [-0.15, -0.1) is 11.8 Å². The molecule has 4 N–H and O–H groups in total. The molecule has 0 radical (unpaired) electrons. The topological polar surface area (TPSA) is 114 Å². The lowest BCUT2D eigenvalue weighted by Crippen LogP contribution is -2.46. The van der Waals surface area contributed by atoms with Gasteiger partial charge in [0.05, 0.1) is 7.11 Å². The SMILES string of the molecule is COC(=O)C(Nc1ccc(CNC(=O)[C@@H]2SCCN2C(=O)C[C@H](N)Cc2cc(F)c(F)cc2F)c(F)c1)C(C)C. The van der Waals surface area contributed by atoms with E-state index in [1.54, 1.807) is 6.07 Å². The highest BCUT2D eigenvalue weighted by Crippen LogP contribution is 2.26. The highest BCUT2D eigenvalue weighted by molar-refractivity contribution is 8.00. The number of nitrogens with one attached hydrogen (secondary N) is 2. The second-order valence-electron chi connectivity index (χ2n) is 9.75. The van der Waals surface area contributed by atoms with E-state index in [2.05, 4.69) is 10.6 Å². The maximum atomic E-state index is 14.8. The molecule has 8 nitrogen and oxygen atoms in total. The molecule has 2 amide bonds. The fourth-order valence-corrected chi connectivity index (χ4v) is 5.38. The number of anilines is 1. The van der Waals surface area contributed by atoms with Crippen LogP contribution >= 0.6 is 11.8 Å². The van der Waals surface area contributed by atoms with E-state index < -0.39 is 58.5 Å². The van der Waals surface area contributed by atoms with Crippen molar-refractivity contribution in [1.29, 1.82) is 0 Å². The Bertz CT molecular complexity index is 1250. The second kappa shape index (κ2) is 13.8. The number of benzene rings is 2. The molecule has 13 heteroatoms. The van der Waals surface area contributed by atoms with Crippen LogP contribution in [0, 0.1) is 29.2 Å². The molecule has 1 aliphatic heterocycles. The Morgan fingerprint density at radius 1 is 1.05 bits per heavy atom. The molecule has 40 heavy (non-hydrogen) atoms. The summed E-state index contributed by atoms with van der Waals surface area (Å²) in [6.45, 7) is 3.79. The number of nitrogens with two attached hydrogens (primary N) is 1. The van der Waals surface area contributed by atoms with Crippen LogP contribution in [0.4, 0.5) is 23.2 Å². The van der Waals surface area contributed by atoms with E-state index in [0.29, 0.717) is 23.6 Å². The summed E-state index contributed by atoms with van der Waals surface area (Å²) in [6.07, 6.45) is -0.441. The monoisotopic (exact) mass is 584 g/mol. The summed E-state index contributed by atoms with van der Waals surface area (Å²) in [5, 5.41) is 4.72. The molecule has 2 aromatic rings. The van der Waals surface area contributed by atoms with E-state index in [1.165, 1.54) is 35.9 Å². The number of carbonyl (C=O) groups is 3. The minimum atomic E-state index is -1.32. The van der Waals surface area contributed by atoms with Crippen LogP contribution in [0.1, 0.15) is 31.4 Å². The molecular weight excluding hydrogens is 552 g/mol. The molecule has 3 atom stereocenters. The van der Waals surface area contributed by atoms with Gasteiger partial charge in [-0.25, -0.2) is 22.4 Å². The van der Waals surface area contributed by atoms with E-state index in [4.69, 9.17) is 10.5 Å². The Kier molecular flexibility index (Phi) is 10.8. The molecule has 1 aliphatic rings. The molecular formula is C27H32F4N4O4S. The molecule has 1 fully saturated rings. The number of thioether (sulfide) groups is 1. The number of rotatable bonds is 11. The normalized spacial score (nSPS) is 16.5. The van der Waals surface area contributed by atoms with Crippen molar-refractivity contribution in [2.75, 3.05) is 24.7 Å². The molecule has 218 valence electrons. The van der Waals surface area contributed by atoms with E-state index in [0.717, 1.165) is 0 Å². The Morgan fingerprint density at radius 2 is 1.73 bits per heavy atom. The molecule has 0 saturated carbocycles. The Balaban J connectivity index is 1.56. The van der Waals surface area contributed by atoms with Crippen molar-refractivity contribution in [2.45, 2.75) is 50.7 Å². The van der Waals surface area contributed by atoms with Gasteiger partial charge in [0.25, 0.3) is 5.91 Å². The van der Waals surface area contributed by atoms with Crippen molar-refractivity contribution in [2.24, 2.45) is 11.7 Å². The molecule has 0 aromatic heterocycles. The van der Waals surface area contributed by atoms with E-state index >= 15 is 0 Å². The van der Waals surface area contributed by atoms with Crippen molar-refractivity contribution in [3.63, 3.8) is 0 Å². The van der Waals surface area contributed by atoms with Gasteiger partial charge in [0.2, 0.25) is 5.91 Å². The summed E-state index contributed by atoms with van der Waals surface area (Å²) in [5.74, 6) is -5.14. The molecule has 1 saturated heterocycles. The summed E-state index contributed by atoms with van der Waals surface area (Å²) in [6, 6.07) is 3.86. The third-order valence-corrected chi connectivity index (χ3v) is 7.60. The van der Waals surface area contributed by atoms with E-state index in [-0.39, 0.29) is 43.0 Å². The zero-order valence-corrected chi connectivity index (χ0v) is 23.1. The zero-order chi connectivity index (χ0) is 29.6. The smallest absolute Gasteiger partial charge is 0.328 e. The maximum absolute atomic E-state index is 14.8. The number of nitrogens with zero attached hydrogens (tertiary/aromatic N) is 1. The number of methoxy groups -OCH3 is 1. The number of ether oxygens (including phenoxy) is 1. The fraction of sp³-hybridized carbons (Fsp3) is 0.444. The van der Waals surface area contributed by atoms with E-state index in [9.17, 15) is 31.9 Å². The first-order chi connectivity index (χ1) is 18.9. The second-order valence-corrected chi connectivity index (χ2v) is 10.9. The molecule has 2 aromatic carbocycles. The van der Waals surface area contributed by atoms with Gasteiger partial charge < -0.3 is 26.0 Å². The number of hydrogen-bond acceptors (Lipinski definition) is 7. The Hall–Kier alpha value is -3.32. The highest BCUT2D eigenvalue weighted by Gasteiger charge is 2.35. The molecule has 1 unspecified atom stereocenters. The molecule has 3 rings (SSSR count).